The van der Waals surface area contributed by atoms with Crippen molar-refractivity contribution in [1.82, 2.24) is 24.8 Å². The van der Waals surface area contributed by atoms with E-state index < -0.39 is 0 Å². The molecule has 9 nitrogen and oxygen atoms in total. The summed E-state index contributed by atoms with van der Waals surface area (Å²) in [5.74, 6) is 0.794. The van der Waals surface area contributed by atoms with E-state index in [2.05, 4.69) is 25.6 Å². The van der Waals surface area contributed by atoms with Gasteiger partial charge in [-0.15, -0.1) is 0 Å². The number of benzene rings is 2. The van der Waals surface area contributed by atoms with E-state index in [1.807, 2.05) is 6.07 Å². The van der Waals surface area contributed by atoms with Gasteiger partial charge in [0.15, 0.2) is 5.65 Å². The number of methoxy groups -OCH3 is 1. The van der Waals surface area contributed by atoms with Crippen molar-refractivity contribution in [2.24, 2.45) is 0 Å². The highest BCUT2D eigenvalue weighted by Crippen LogP contribution is 2.23. The van der Waals surface area contributed by atoms with Crippen LogP contribution in [-0.4, -0.2) is 39.1 Å². The van der Waals surface area contributed by atoms with E-state index in [0.717, 1.165) is 5.56 Å². The van der Waals surface area contributed by atoms with Crippen LogP contribution in [0, 0.1) is 0 Å². The largest absolute Gasteiger partial charge is 0.497 e. The Labute approximate surface area is 211 Å². The molecule has 11 heteroatoms. The fourth-order valence-electron chi connectivity index (χ4n) is 3.44. The Morgan fingerprint density at radius 3 is 2.54 bits per heavy atom. The molecule has 0 aliphatic carbocycles. The lowest BCUT2D eigenvalue weighted by molar-refractivity contribution is -0.118. The van der Waals surface area contributed by atoms with Crippen molar-refractivity contribution in [1.29, 1.82) is 0 Å². The number of carbonyl (C=O) groups is 1. The van der Waals surface area contributed by atoms with Crippen LogP contribution in [0.5, 0.6) is 5.75 Å². The summed E-state index contributed by atoms with van der Waals surface area (Å²) in [5.41, 5.74) is 2.24. The standard InChI is InChI=1S/C24H22Cl2N6O3/c1-14(33)27-9-10-32-22-20(30-21(23(32)34)16-4-6-17(35-2)7-5-16)13-29-24(31-22)28-12-15-3-8-18(25)19(26)11-15/h3-8,11,13H,9-10,12H2,1-2H3,(H,27,33)(H,28,29,31). The molecule has 0 saturated heterocycles. The lowest BCUT2D eigenvalue weighted by Gasteiger charge is -2.13. The summed E-state index contributed by atoms with van der Waals surface area (Å²) < 4.78 is 6.69. The molecule has 0 atom stereocenters. The minimum Gasteiger partial charge on any atom is -0.497 e. The summed E-state index contributed by atoms with van der Waals surface area (Å²) in [7, 11) is 1.57. The van der Waals surface area contributed by atoms with Gasteiger partial charge in [0.05, 0.1) is 23.4 Å². The van der Waals surface area contributed by atoms with E-state index in [4.69, 9.17) is 27.9 Å². The first-order valence-corrected chi connectivity index (χ1v) is 11.5. The number of ether oxygens (including phenoxy) is 1. The van der Waals surface area contributed by atoms with Crippen LogP contribution in [0.4, 0.5) is 5.95 Å². The third-order valence-corrected chi connectivity index (χ3v) is 5.93. The number of halogens is 2. The number of nitrogens with zero attached hydrogens (tertiary/aromatic N) is 4. The van der Waals surface area contributed by atoms with Crippen molar-refractivity contribution < 1.29 is 9.53 Å². The Bertz CT molecular complexity index is 1440. The minimum atomic E-state index is -0.331. The van der Waals surface area contributed by atoms with Crippen LogP contribution in [0.1, 0.15) is 12.5 Å². The summed E-state index contributed by atoms with van der Waals surface area (Å²) in [6.07, 6.45) is 1.56. The number of rotatable bonds is 8. The molecule has 0 unspecified atom stereocenters. The molecular weight excluding hydrogens is 491 g/mol. The number of carbonyl (C=O) groups excluding carboxylic acids is 1. The summed E-state index contributed by atoms with van der Waals surface area (Å²) in [4.78, 5) is 38.2. The molecule has 2 heterocycles. The van der Waals surface area contributed by atoms with Crippen molar-refractivity contribution in [3.8, 4) is 17.0 Å². The zero-order valence-electron chi connectivity index (χ0n) is 19.0. The van der Waals surface area contributed by atoms with Gasteiger partial charge in [-0.2, -0.15) is 4.98 Å². The maximum Gasteiger partial charge on any atom is 0.278 e. The average Bonchev–Trinajstić information content (AvgIpc) is 2.85. The van der Waals surface area contributed by atoms with Crippen LogP contribution in [-0.2, 0) is 17.9 Å². The number of aromatic nitrogens is 4. The molecule has 0 spiro atoms. The van der Waals surface area contributed by atoms with Gasteiger partial charge in [0.25, 0.3) is 5.56 Å². The highest BCUT2D eigenvalue weighted by Gasteiger charge is 2.15. The second-order valence-electron chi connectivity index (χ2n) is 7.63. The first-order chi connectivity index (χ1) is 16.9. The molecule has 0 aliphatic rings. The summed E-state index contributed by atoms with van der Waals surface area (Å²) in [6.45, 7) is 2.29. The number of amides is 1. The van der Waals surface area contributed by atoms with Gasteiger partial charge in [-0.05, 0) is 42.0 Å². The highest BCUT2D eigenvalue weighted by atomic mass is 35.5. The van der Waals surface area contributed by atoms with Crippen molar-refractivity contribution in [2.45, 2.75) is 20.0 Å². The van der Waals surface area contributed by atoms with Crippen LogP contribution in [0.15, 0.2) is 53.5 Å². The van der Waals surface area contributed by atoms with Gasteiger partial charge >= 0.3 is 0 Å². The molecule has 35 heavy (non-hydrogen) atoms. The fraction of sp³-hybridized carbons (Fsp3) is 0.208. The molecule has 0 radical (unpaired) electrons. The Kier molecular flexibility index (Phi) is 7.48. The molecule has 0 bridgehead atoms. The Morgan fingerprint density at radius 1 is 1.09 bits per heavy atom. The van der Waals surface area contributed by atoms with Crippen molar-refractivity contribution in [3.63, 3.8) is 0 Å². The first kappa shape index (κ1) is 24.4. The molecular formula is C24H22Cl2N6O3. The Hall–Kier alpha value is -3.69. The van der Waals surface area contributed by atoms with E-state index >= 15 is 0 Å². The molecule has 0 saturated carbocycles. The van der Waals surface area contributed by atoms with Gasteiger partial charge in [-0.1, -0.05) is 29.3 Å². The Balaban J connectivity index is 1.71. The SMILES string of the molecule is COc1ccc(-c2nc3cnc(NCc4ccc(Cl)c(Cl)c4)nc3n(CCNC(C)=O)c2=O)cc1. The smallest absolute Gasteiger partial charge is 0.278 e. The van der Waals surface area contributed by atoms with Crippen molar-refractivity contribution in [2.75, 3.05) is 19.0 Å². The second-order valence-corrected chi connectivity index (χ2v) is 8.45. The predicted octanol–water partition coefficient (Wildman–Crippen LogP) is 3.92. The lowest BCUT2D eigenvalue weighted by Crippen LogP contribution is -2.31. The van der Waals surface area contributed by atoms with Crippen LogP contribution >= 0.6 is 23.2 Å². The van der Waals surface area contributed by atoms with Gasteiger partial charge in [-0.25, -0.2) is 9.97 Å². The second kappa shape index (κ2) is 10.7. The number of anilines is 1. The average molecular weight is 513 g/mol. The molecule has 180 valence electrons. The summed E-state index contributed by atoms with van der Waals surface area (Å²) in [6, 6.07) is 12.4. The first-order valence-electron chi connectivity index (χ1n) is 10.7. The topological polar surface area (TPSA) is 111 Å². The third kappa shape index (κ3) is 5.70. The van der Waals surface area contributed by atoms with Gasteiger partial charge < -0.3 is 15.4 Å². The van der Waals surface area contributed by atoms with E-state index in [1.54, 1.807) is 49.7 Å². The molecule has 4 rings (SSSR count). The van der Waals surface area contributed by atoms with Gasteiger partial charge in [0, 0.05) is 32.1 Å². The Morgan fingerprint density at radius 2 is 1.86 bits per heavy atom. The van der Waals surface area contributed by atoms with Crippen LogP contribution in [0.2, 0.25) is 10.0 Å². The van der Waals surface area contributed by atoms with Gasteiger partial charge in [0.1, 0.15) is 17.0 Å². The summed E-state index contributed by atoms with van der Waals surface area (Å²) >= 11 is 12.1. The zero-order chi connectivity index (χ0) is 24.9. The number of hydrogen-bond donors (Lipinski definition) is 2. The molecule has 2 aromatic carbocycles. The van der Waals surface area contributed by atoms with Crippen LogP contribution < -0.4 is 20.9 Å². The normalized spacial score (nSPS) is 10.9. The lowest BCUT2D eigenvalue weighted by atomic mass is 10.1. The van der Waals surface area contributed by atoms with Crippen LogP contribution in [0.3, 0.4) is 0 Å². The third-order valence-electron chi connectivity index (χ3n) is 5.19. The van der Waals surface area contributed by atoms with E-state index in [-0.39, 0.29) is 30.2 Å². The van der Waals surface area contributed by atoms with E-state index in [9.17, 15) is 9.59 Å². The zero-order valence-corrected chi connectivity index (χ0v) is 20.5. The summed E-state index contributed by atoms with van der Waals surface area (Å²) in [5, 5.41) is 6.77. The molecule has 2 aromatic heterocycles. The molecule has 2 N–H and O–H groups in total. The van der Waals surface area contributed by atoms with Crippen molar-refractivity contribution in [3.05, 3.63) is 74.6 Å². The molecule has 0 aliphatic heterocycles. The molecule has 0 fully saturated rings. The molecule has 4 aromatic rings. The number of nitrogens with one attached hydrogen (secondary N) is 2. The predicted molar refractivity (Wildman–Crippen MR) is 136 cm³/mol. The van der Waals surface area contributed by atoms with Gasteiger partial charge in [0.2, 0.25) is 11.9 Å². The number of hydrogen-bond acceptors (Lipinski definition) is 7. The number of fused-ring (bicyclic) bond motifs is 1. The van der Waals surface area contributed by atoms with Crippen LogP contribution in [0.25, 0.3) is 22.4 Å². The van der Waals surface area contributed by atoms with E-state index in [0.29, 0.717) is 45.0 Å². The fourth-order valence-corrected chi connectivity index (χ4v) is 3.76. The minimum absolute atomic E-state index is 0.189. The quantitative estimate of drug-likeness (QED) is 0.368. The maximum atomic E-state index is 13.4. The maximum absolute atomic E-state index is 13.4. The van der Waals surface area contributed by atoms with E-state index in [1.165, 1.54) is 11.5 Å². The van der Waals surface area contributed by atoms with Crippen molar-refractivity contribution >= 4 is 46.2 Å². The highest BCUT2D eigenvalue weighted by molar-refractivity contribution is 6.42. The molecule has 1 amide bonds. The monoisotopic (exact) mass is 512 g/mol. The van der Waals surface area contributed by atoms with Gasteiger partial charge in [-0.3, -0.25) is 14.2 Å².